The van der Waals surface area contributed by atoms with Crippen molar-refractivity contribution in [1.82, 2.24) is 9.88 Å². The van der Waals surface area contributed by atoms with E-state index < -0.39 is 0 Å². The Morgan fingerprint density at radius 3 is 2.41 bits per heavy atom. The molecule has 3 nitrogen and oxygen atoms in total. The van der Waals surface area contributed by atoms with Gasteiger partial charge >= 0.3 is 0 Å². The first kappa shape index (κ1) is 17.9. The maximum absolute atomic E-state index is 4.64. The van der Waals surface area contributed by atoms with Crippen LogP contribution in [0.1, 0.15) is 12.8 Å². The lowest BCUT2D eigenvalue weighted by Gasteiger charge is -2.31. The lowest BCUT2D eigenvalue weighted by atomic mass is 10.1. The highest BCUT2D eigenvalue weighted by Gasteiger charge is 2.30. The molecule has 3 saturated heterocycles. The van der Waals surface area contributed by atoms with Crippen LogP contribution in [0.3, 0.4) is 0 Å². The highest BCUT2D eigenvalue weighted by molar-refractivity contribution is 8.93. The molecule has 4 heterocycles. The summed E-state index contributed by atoms with van der Waals surface area (Å²) in [5.74, 6) is 0. The monoisotopic (exact) mass is 445 g/mol. The third kappa shape index (κ3) is 3.55. The molecule has 2 bridgehead atoms. The van der Waals surface area contributed by atoms with Gasteiger partial charge < -0.3 is 9.80 Å². The third-order valence-electron chi connectivity index (χ3n) is 4.45. The molecule has 0 N–H and O–H groups in total. The summed E-state index contributed by atoms with van der Waals surface area (Å²) in [4.78, 5) is 9.83. The Morgan fingerprint density at radius 2 is 1.68 bits per heavy atom. The largest absolute Gasteiger partial charge is 0.358 e. The van der Waals surface area contributed by atoms with Crippen molar-refractivity contribution >= 4 is 50.3 Å². The van der Waals surface area contributed by atoms with Gasteiger partial charge in [-0.05, 0) is 12.8 Å². The van der Waals surface area contributed by atoms with Gasteiger partial charge in [0, 0.05) is 37.8 Å². The molecule has 0 amide bonds. The summed E-state index contributed by atoms with van der Waals surface area (Å²) in [6.07, 6.45) is 4.68. The van der Waals surface area contributed by atoms with E-state index in [1.54, 1.807) is 0 Å². The minimum atomic E-state index is 0. The molecule has 0 atom stereocenters. The van der Waals surface area contributed by atoms with Gasteiger partial charge in [0.15, 0.2) is 0 Å². The van der Waals surface area contributed by atoms with E-state index in [0.717, 1.165) is 17.6 Å². The summed E-state index contributed by atoms with van der Waals surface area (Å²) in [7, 11) is 0. The van der Waals surface area contributed by atoms with Crippen LogP contribution in [0.2, 0.25) is 0 Å². The van der Waals surface area contributed by atoms with Gasteiger partial charge in [0.1, 0.15) is 10.0 Å². The van der Waals surface area contributed by atoms with Gasteiger partial charge in [-0.3, -0.25) is 0 Å². The first-order valence-electron chi connectivity index (χ1n) is 7.40. The standard InChI is InChI=1S/C16H19N3S.2BrH/c1-2-4-13(5-3-1)16-17-12-15(20-16)19-11-10-18-8-6-14(19)7-9-18;;/h1-5,12,14H,6-11H2;2*1H. The molecule has 1 aromatic carbocycles. The second kappa shape index (κ2) is 7.90. The molecule has 6 heteroatoms. The number of benzene rings is 1. The maximum Gasteiger partial charge on any atom is 0.125 e. The number of piperidine rings is 1. The normalized spacial score (nSPS) is 23.4. The molecule has 3 fully saturated rings. The van der Waals surface area contributed by atoms with Crippen molar-refractivity contribution in [1.29, 1.82) is 0 Å². The van der Waals surface area contributed by atoms with Crippen LogP contribution in [-0.4, -0.2) is 42.1 Å². The van der Waals surface area contributed by atoms with Gasteiger partial charge in [-0.15, -0.1) is 34.0 Å². The van der Waals surface area contributed by atoms with E-state index in [9.17, 15) is 0 Å². The van der Waals surface area contributed by atoms with Crippen molar-refractivity contribution in [2.45, 2.75) is 18.9 Å². The molecule has 1 aromatic heterocycles. The number of thiazole rings is 1. The van der Waals surface area contributed by atoms with Crippen LogP contribution < -0.4 is 4.90 Å². The van der Waals surface area contributed by atoms with Crippen LogP contribution >= 0.6 is 45.3 Å². The highest BCUT2D eigenvalue weighted by Crippen LogP contribution is 2.34. The number of hydrogen-bond donors (Lipinski definition) is 0. The van der Waals surface area contributed by atoms with Gasteiger partial charge in [0.25, 0.3) is 0 Å². The zero-order chi connectivity index (χ0) is 13.4. The van der Waals surface area contributed by atoms with Crippen molar-refractivity contribution in [2.75, 3.05) is 31.1 Å². The third-order valence-corrected chi connectivity index (χ3v) is 5.54. The van der Waals surface area contributed by atoms with Gasteiger partial charge in [-0.25, -0.2) is 4.98 Å². The van der Waals surface area contributed by atoms with E-state index >= 15 is 0 Å². The predicted molar refractivity (Wildman–Crippen MR) is 105 cm³/mol. The van der Waals surface area contributed by atoms with Crippen molar-refractivity contribution in [3.05, 3.63) is 36.5 Å². The van der Waals surface area contributed by atoms with Gasteiger partial charge in [0.05, 0.1) is 6.20 Å². The molecule has 5 rings (SSSR count). The molecule has 0 saturated carbocycles. The first-order valence-corrected chi connectivity index (χ1v) is 8.22. The van der Waals surface area contributed by atoms with E-state index in [1.807, 2.05) is 11.3 Å². The molecule has 0 aliphatic carbocycles. The predicted octanol–water partition coefficient (Wildman–Crippen LogP) is 4.25. The topological polar surface area (TPSA) is 19.4 Å². The summed E-state index contributed by atoms with van der Waals surface area (Å²) in [6, 6.07) is 11.2. The van der Waals surface area contributed by atoms with E-state index in [4.69, 9.17) is 0 Å². The molecule has 0 unspecified atom stereocenters. The summed E-state index contributed by atoms with van der Waals surface area (Å²) in [5.41, 5.74) is 1.23. The fourth-order valence-electron chi connectivity index (χ4n) is 3.29. The van der Waals surface area contributed by atoms with Crippen molar-refractivity contribution < 1.29 is 0 Å². The van der Waals surface area contributed by atoms with Gasteiger partial charge in [-0.2, -0.15) is 0 Å². The average molecular weight is 447 g/mol. The lowest BCUT2D eigenvalue weighted by molar-refractivity contribution is 0.250. The molecular weight excluding hydrogens is 426 g/mol. The number of anilines is 1. The number of halogens is 2. The van der Waals surface area contributed by atoms with Crippen molar-refractivity contribution in [3.63, 3.8) is 0 Å². The zero-order valence-electron chi connectivity index (χ0n) is 12.4. The Hall–Kier alpha value is -0.430. The Labute approximate surface area is 156 Å². The molecular formula is C16H21Br2N3S. The number of nitrogens with zero attached hydrogens (tertiary/aromatic N) is 3. The molecule has 2 aromatic rings. The number of fused-ring (bicyclic) bond motifs is 4. The van der Waals surface area contributed by atoms with Crippen molar-refractivity contribution in [3.8, 4) is 10.6 Å². The maximum atomic E-state index is 4.64. The fraction of sp³-hybridized carbons (Fsp3) is 0.438. The summed E-state index contributed by atoms with van der Waals surface area (Å²) >= 11 is 1.84. The lowest BCUT2D eigenvalue weighted by Crippen LogP contribution is -2.37. The van der Waals surface area contributed by atoms with E-state index in [-0.39, 0.29) is 34.0 Å². The van der Waals surface area contributed by atoms with Crippen LogP contribution in [0, 0.1) is 0 Å². The minimum Gasteiger partial charge on any atom is -0.358 e. The van der Waals surface area contributed by atoms with Gasteiger partial charge in [-0.1, -0.05) is 41.7 Å². The van der Waals surface area contributed by atoms with Crippen molar-refractivity contribution in [2.24, 2.45) is 0 Å². The number of rotatable bonds is 2. The smallest absolute Gasteiger partial charge is 0.125 e. The molecule has 22 heavy (non-hydrogen) atoms. The molecule has 0 radical (unpaired) electrons. The van der Waals surface area contributed by atoms with Crippen LogP contribution in [0.4, 0.5) is 5.00 Å². The Kier molecular flexibility index (Phi) is 6.44. The van der Waals surface area contributed by atoms with E-state index in [0.29, 0.717) is 0 Å². The van der Waals surface area contributed by atoms with E-state index in [1.165, 1.54) is 43.0 Å². The fourth-order valence-corrected chi connectivity index (χ4v) is 4.31. The zero-order valence-corrected chi connectivity index (χ0v) is 16.6. The van der Waals surface area contributed by atoms with Crippen LogP contribution in [-0.2, 0) is 0 Å². The molecule has 120 valence electrons. The molecule has 3 aliphatic heterocycles. The van der Waals surface area contributed by atoms with Crippen LogP contribution in [0.5, 0.6) is 0 Å². The quantitative estimate of drug-likeness (QED) is 0.687. The SMILES string of the molecule is Br.Br.c1ccc(-c2ncc(N3CCN4CCC3CC4)s2)cc1. The first-order chi connectivity index (χ1) is 9.90. The minimum absolute atomic E-state index is 0. The number of aromatic nitrogens is 1. The van der Waals surface area contributed by atoms with Crippen LogP contribution in [0.15, 0.2) is 36.5 Å². The number of hydrogen-bond acceptors (Lipinski definition) is 4. The summed E-state index contributed by atoms with van der Waals surface area (Å²) < 4.78 is 0. The van der Waals surface area contributed by atoms with Gasteiger partial charge in [0.2, 0.25) is 0 Å². The molecule has 0 spiro atoms. The van der Waals surface area contributed by atoms with E-state index in [2.05, 4.69) is 51.3 Å². The Morgan fingerprint density at radius 1 is 0.955 bits per heavy atom. The molecule has 3 aliphatic rings. The Bertz CT molecular complexity index is 582. The Balaban J connectivity index is 0.000000882. The second-order valence-electron chi connectivity index (χ2n) is 5.64. The summed E-state index contributed by atoms with van der Waals surface area (Å²) in [5, 5.41) is 2.48. The van der Waals surface area contributed by atoms with Crippen LogP contribution in [0.25, 0.3) is 10.6 Å². The highest BCUT2D eigenvalue weighted by atomic mass is 79.9. The second-order valence-corrected chi connectivity index (χ2v) is 6.64. The summed E-state index contributed by atoms with van der Waals surface area (Å²) in [6.45, 7) is 4.90. The average Bonchev–Trinajstić information content (AvgIpc) is 2.81.